The Bertz CT molecular complexity index is 397. The minimum atomic E-state index is -0.204. The van der Waals surface area contributed by atoms with Gasteiger partial charge in [0.1, 0.15) is 0 Å². The molecule has 0 aliphatic heterocycles. The van der Waals surface area contributed by atoms with Crippen LogP contribution in [0.25, 0.3) is 0 Å². The lowest BCUT2D eigenvalue weighted by molar-refractivity contribution is -0.122. The summed E-state index contributed by atoms with van der Waals surface area (Å²) in [6.45, 7) is 0. The molecular weight excluding hydrogens is 248 g/mol. The summed E-state index contributed by atoms with van der Waals surface area (Å²) in [5.41, 5.74) is 7.12. The van der Waals surface area contributed by atoms with Gasteiger partial charge in [-0.2, -0.15) is 0 Å². The highest BCUT2D eigenvalue weighted by Crippen LogP contribution is 2.18. The number of hydrogen-bond donors (Lipinski definition) is 2. The third-order valence-corrected chi connectivity index (χ3v) is 4.10. The van der Waals surface area contributed by atoms with Gasteiger partial charge >= 0.3 is 0 Å². The van der Waals surface area contributed by atoms with E-state index >= 15 is 0 Å². The van der Waals surface area contributed by atoms with Gasteiger partial charge in [-0.25, -0.2) is 0 Å². The van der Waals surface area contributed by atoms with E-state index in [9.17, 15) is 4.79 Å². The van der Waals surface area contributed by atoms with Gasteiger partial charge in [0.05, 0.1) is 0 Å². The fourth-order valence-electron chi connectivity index (χ4n) is 2.90. The number of nitrogens with two attached hydrogens (primary N) is 1. The minimum Gasteiger partial charge on any atom is -0.353 e. The predicted molar refractivity (Wildman–Crippen MR) is 82.2 cm³/mol. The van der Waals surface area contributed by atoms with Crippen LogP contribution in [0.2, 0.25) is 0 Å². The van der Waals surface area contributed by atoms with Crippen molar-refractivity contribution < 1.29 is 4.79 Å². The van der Waals surface area contributed by atoms with E-state index in [2.05, 4.69) is 5.32 Å². The third kappa shape index (κ3) is 4.97. The van der Waals surface area contributed by atoms with E-state index in [0.717, 1.165) is 18.4 Å². The molecule has 1 amide bonds. The molecular formula is C17H26N2O. The lowest BCUT2D eigenvalue weighted by atomic mass is 9.96. The van der Waals surface area contributed by atoms with Gasteiger partial charge in [0.25, 0.3) is 0 Å². The minimum absolute atomic E-state index is 0.0897. The van der Waals surface area contributed by atoms with Crippen molar-refractivity contribution in [1.82, 2.24) is 5.32 Å². The molecule has 1 aliphatic carbocycles. The fraction of sp³-hybridized carbons (Fsp3) is 0.588. The summed E-state index contributed by atoms with van der Waals surface area (Å²) in [5.74, 6) is 0.0897. The molecule has 0 aromatic heterocycles. The van der Waals surface area contributed by atoms with Crippen LogP contribution in [-0.2, 0) is 4.79 Å². The first-order valence-electron chi connectivity index (χ1n) is 7.85. The zero-order chi connectivity index (χ0) is 14.2. The van der Waals surface area contributed by atoms with E-state index < -0.39 is 0 Å². The molecule has 1 aromatic rings. The molecule has 1 unspecified atom stereocenters. The first kappa shape index (κ1) is 15.0. The van der Waals surface area contributed by atoms with Crippen molar-refractivity contribution in [2.75, 3.05) is 0 Å². The summed E-state index contributed by atoms with van der Waals surface area (Å²) in [7, 11) is 0. The van der Waals surface area contributed by atoms with Crippen LogP contribution in [0.3, 0.4) is 0 Å². The maximum absolute atomic E-state index is 12.1. The average molecular weight is 274 g/mol. The van der Waals surface area contributed by atoms with Gasteiger partial charge in [0.2, 0.25) is 5.91 Å². The van der Waals surface area contributed by atoms with E-state index in [4.69, 9.17) is 5.73 Å². The SMILES string of the molecule is NC(CC(=O)NC1CCCCCCC1)c1ccccc1. The van der Waals surface area contributed by atoms with Crippen molar-refractivity contribution in [2.45, 2.75) is 63.5 Å². The molecule has 2 rings (SSSR count). The van der Waals surface area contributed by atoms with E-state index in [1.807, 2.05) is 30.3 Å². The molecule has 0 radical (unpaired) electrons. The van der Waals surface area contributed by atoms with Gasteiger partial charge in [-0.05, 0) is 18.4 Å². The molecule has 20 heavy (non-hydrogen) atoms. The van der Waals surface area contributed by atoms with Crippen molar-refractivity contribution in [1.29, 1.82) is 0 Å². The van der Waals surface area contributed by atoms with Gasteiger partial charge < -0.3 is 11.1 Å². The Hall–Kier alpha value is -1.35. The molecule has 3 heteroatoms. The number of carbonyl (C=O) groups is 1. The molecule has 3 nitrogen and oxygen atoms in total. The number of nitrogens with one attached hydrogen (secondary N) is 1. The van der Waals surface area contributed by atoms with Crippen molar-refractivity contribution in [3.63, 3.8) is 0 Å². The van der Waals surface area contributed by atoms with Crippen LogP contribution in [0.5, 0.6) is 0 Å². The largest absolute Gasteiger partial charge is 0.353 e. The topological polar surface area (TPSA) is 55.1 Å². The van der Waals surface area contributed by atoms with Crippen molar-refractivity contribution in [3.8, 4) is 0 Å². The number of carbonyl (C=O) groups excluding carboxylic acids is 1. The van der Waals surface area contributed by atoms with Gasteiger partial charge in [0, 0.05) is 18.5 Å². The maximum Gasteiger partial charge on any atom is 0.222 e. The summed E-state index contributed by atoms with van der Waals surface area (Å²) in [4.78, 5) is 12.1. The summed E-state index contributed by atoms with van der Waals surface area (Å²) >= 11 is 0. The molecule has 1 atom stereocenters. The zero-order valence-corrected chi connectivity index (χ0v) is 12.2. The van der Waals surface area contributed by atoms with Crippen LogP contribution in [0, 0.1) is 0 Å². The Labute approximate surface area is 121 Å². The lowest BCUT2D eigenvalue weighted by Crippen LogP contribution is -2.36. The van der Waals surface area contributed by atoms with Crippen molar-refractivity contribution >= 4 is 5.91 Å². The Morgan fingerprint density at radius 1 is 1.10 bits per heavy atom. The molecule has 1 aromatic carbocycles. The normalized spacial score (nSPS) is 18.9. The first-order valence-corrected chi connectivity index (χ1v) is 7.85. The smallest absolute Gasteiger partial charge is 0.222 e. The zero-order valence-electron chi connectivity index (χ0n) is 12.2. The van der Waals surface area contributed by atoms with Gasteiger partial charge in [-0.3, -0.25) is 4.79 Å². The second-order valence-corrected chi connectivity index (χ2v) is 5.83. The highest BCUT2D eigenvalue weighted by Gasteiger charge is 2.16. The van der Waals surface area contributed by atoms with Crippen LogP contribution in [0.1, 0.15) is 63.0 Å². The summed E-state index contributed by atoms with van der Waals surface area (Å²) in [6.07, 6.45) is 9.02. The van der Waals surface area contributed by atoms with Gasteiger partial charge in [0.15, 0.2) is 0 Å². The third-order valence-electron chi connectivity index (χ3n) is 4.10. The van der Waals surface area contributed by atoms with Gasteiger partial charge in [-0.1, -0.05) is 62.4 Å². The van der Waals surface area contributed by atoms with Crippen LogP contribution >= 0.6 is 0 Å². The number of hydrogen-bond acceptors (Lipinski definition) is 2. The lowest BCUT2D eigenvalue weighted by Gasteiger charge is -2.22. The standard InChI is InChI=1S/C17H26N2O/c18-16(14-9-5-4-6-10-14)13-17(20)19-15-11-7-2-1-3-8-12-15/h4-6,9-10,15-16H,1-3,7-8,11-13,18H2,(H,19,20). The second-order valence-electron chi connectivity index (χ2n) is 5.83. The highest BCUT2D eigenvalue weighted by atomic mass is 16.1. The Kier molecular flexibility index (Phi) is 6.06. The second kappa shape index (κ2) is 8.05. The molecule has 0 spiro atoms. The van der Waals surface area contributed by atoms with Crippen LogP contribution in [0.15, 0.2) is 30.3 Å². The monoisotopic (exact) mass is 274 g/mol. The first-order chi connectivity index (χ1) is 9.75. The van der Waals surface area contributed by atoms with Crippen LogP contribution < -0.4 is 11.1 Å². The van der Waals surface area contributed by atoms with Gasteiger partial charge in [-0.15, -0.1) is 0 Å². The summed E-state index contributed by atoms with van der Waals surface area (Å²) < 4.78 is 0. The van der Waals surface area contributed by atoms with E-state index in [-0.39, 0.29) is 11.9 Å². The Morgan fingerprint density at radius 3 is 2.35 bits per heavy atom. The van der Waals surface area contributed by atoms with Crippen molar-refractivity contribution in [2.24, 2.45) is 5.73 Å². The fourth-order valence-corrected chi connectivity index (χ4v) is 2.90. The molecule has 3 N–H and O–H groups in total. The molecule has 1 saturated carbocycles. The highest BCUT2D eigenvalue weighted by molar-refractivity contribution is 5.77. The van der Waals surface area contributed by atoms with Crippen LogP contribution in [-0.4, -0.2) is 11.9 Å². The number of rotatable bonds is 4. The van der Waals surface area contributed by atoms with Crippen LogP contribution in [0.4, 0.5) is 0 Å². The summed E-state index contributed by atoms with van der Waals surface area (Å²) in [6, 6.07) is 9.99. The maximum atomic E-state index is 12.1. The van der Waals surface area contributed by atoms with E-state index in [1.54, 1.807) is 0 Å². The van der Waals surface area contributed by atoms with E-state index in [1.165, 1.54) is 32.1 Å². The average Bonchev–Trinajstić information content (AvgIpc) is 2.42. The Morgan fingerprint density at radius 2 is 1.70 bits per heavy atom. The molecule has 110 valence electrons. The predicted octanol–water partition coefficient (Wildman–Crippen LogP) is 3.31. The van der Waals surface area contributed by atoms with E-state index in [0.29, 0.717) is 12.5 Å². The summed E-state index contributed by atoms with van der Waals surface area (Å²) in [5, 5.41) is 3.17. The quantitative estimate of drug-likeness (QED) is 0.885. The molecule has 0 bridgehead atoms. The Balaban J connectivity index is 1.79. The molecule has 0 saturated heterocycles. The van der Waals surface area contributed by atoms with Crippen molar-refractivity contribution in [3.05, 3.63) is 35.9 Å². The number of benzene rings is 1. The number of amides is 1. The molecule has 1 fully saturated rings. The molecule has 1 aliphatic rings. The molecule has 0 heterocycles.